The van der Waals surface area contributed by atoms with Gasteiger partial charge < -0.3 is 4.57 Å². The zero-order valence-electron chi connectivity index (χ0n) is 13.7. The Morgan fingerprint density at radius 3 is 2.56 bits per heavy atom. The number of thioether (sulfide) groups is 1. The first-order valence-electron chi connectivity index (χ1n) is 7.31. The van der Waals surface area contributed by atoms with Gasteiger partial charge in [-0.1, -0.05) is 18.2 Å². The molecule has 0 aliphatic rings. The Hall–Kier alpha value is -1.91. The van der Waals surface area contributed by atoms with E-state index in [4.69, 9.17) is 0 Å². The monoisotopic (exact) mass is 387 g/mol. The summed E-state index contributed by atoms with van der Waals surface area (Å²) in [5.41, 5.74) is -0.943. The van der Waals surface area contributed by atoms with Crippen molar-refractivity contribution in [1.29, 1.82) is 0 Å². The van der Waals surface area contributed by atoms with Crippen molar-refractivity contribution in [2.24, 2.45) is 14.1 Å². The maximum absolute atomic E-state index is 13.5. The molecule has 1 aromatic carbocycles. The topological polar surface area (TPSA) is 90.2 Å². The van der Waals surface area contributed by atoms with Gasteiger partial charge in [0.25, 0.3) is 5.56 Å². The highest BCUT2D eigenvalue weighted by molar-refractivity contribution is 7.98. The molecule has 136 valence electrons. The maximum Gasteiger partial charge on any atom is 0.330 e. The molecule has 0 atom stereocenters. The molecule has 0 aliphatic heterocycles. The minimum Gasteiger partial charge on any atom is -0.302 e. The summed E-state index contributed by atoms with van der Waals surface area (Å²) in [4.78, 5) is 23.1. The van der Waals surface area contributed by atoms with Crippen molar-refractivity contribution >= 4 is 21.8 Å². The highest BCUT2D eigenvalue weighted by Crippen LogP contribution is 2.14. The van der Waals surface area contributed by atoms with Gasteiger partial charge in [-0.2, -0.15) is 11.8 Å². The van der Waals surface area contributed by atoms with Gasteiger partial charge in [-0.3, -0.25) is 9.36 Å². The molecule has 0 fully saturated rings. The number of rotatable bonds is 7. The summed E-state index contributed by atoms with van der Waals surface area (Å²) in [7, 11) is -1.45. The first-order chi connectivity index (χ1) is 11.7. The Morgan fingerprint density at radius 2 is 1.88 bits per heavy atom. The minimum absolute atomic E-state index is 0.0768. The lowest BCUT2D eigenvalue weighted by Crippen LogP contribution is -2.41. The smallest absolute Gasteiger partial charge is 0.302 e. The number of benzene rings is 1. The number of aryl methyl sites for hydroxylation is 1. The lowest BCUT2D eigenvalue weighted by Gasteiger charge is -2.09. The number of nitrogens with zero attached hydrogens (tertiary/aromatic N) is 2. The van der Waals surface area contributed by atoms with E-state index in [2.05, 4.69) is 4.72 Å². The summed E-state index contributed by atoms with van der Waals surface area (Å²) < 4.78 is 42.1. The Kier molecular flexibility index (Phi) is 6.20. The zero-order valence-corrected chi connectivity index (χ0v) is 15.4. The Balaban J connectivity index is 1.98. The second-order valence-electron chi connectivity index (χ2n) is 5.29. The molecule has 0 bridgehead atoms. The summed E-state index contributed by atoms with van der Waals surface area (Å²) in [6, 6.07) is 6.37. The molecule has 0 saturated carbocycles. The number of hydrogen-bond donors (Lipinski definition) is 1. The number of halogens is 1. The van der Waals surface area contributed by atoms with E-state index in [0.29, 0.717) is 17.1 Å². The van der Waals surface area contributed by atoms with Crippen LogP contribution in [0.25, 0.3) is 0 Å². The standard InChI is InChI=1S/C15H18FN3O4S2/c1-18-9-13(14(20)19(2)15(18)21)25(22,23)17-7-8-24-10-11-5-3-4-6-12(11)16/h3-6,9,17H,7-8,10H2,1-2H3. The van der Waals surface area contributed by atoms with E-state index in [0.717, 1.165) is 15.3 Å². The van der Waals surface area contributed by atoms with Crippen LogP contribution < -0.4 is 16.0 Å². The van der Waals surface area contributed by atoms with Crippen LogP contribution in [0.4, 0.5) is 4.39 Å². The van der Waals surface area contributed by atoms with Crippen LogP contribution in [0.15, 0.2) is 44.9 Å². The molecule has 1 heterocycles. The fraction of sp³-hybridized carbons (Fsp3) is 0.333. The molecule has 0 saturated heterocycles. The lowest BCUT2D eigenvalue weighted by atomic mass is 10.2. The SMILES string of the molecule is Cn1cc(S(=O)(=O)NCCSCc2ccccc2F)c(=O)n(C)c1=O. The third-order valence-corrected chi connectivity index (χ3v) is 5.91. The molecular formula is C15H18FN3O4S2. The largest absolute Gasteiger partial charge is 0.330 e. The van der Waals surface area contributed by atoms with Crippen molar-refractivity contribution in [1.82, 2.24) is 13.9 Å². The highest BCUT2D eigenvalue weighted by Gasteiger charge is 2.20. The molecule has 0 spiro atoms. The van der Waals surface area contributed by atoms with Crippen molar-refractivity contribution in [3.63, 3.8) is 0 Å². The van der Waals surface area contributed by atoms with Gasteiger partial charge in [0, 0.05) is 38.3 Å². The van der Waals surface area contributed by atoms with E-state index in [-0.39, 0.29) is 12.4 Å². The fourth-order valence-electron chi connectivity index (χ4n) is 2.08. The molecular weight excluding hydrogens is 369 g/mol. The van der Waals surface area contributed by atoms with Crippen LogP contribution >= 0.6 is 11.8 Å². The second-order valence-corrected chi connectivity index (χ2v) is 8.13. The molecule has 1 N–H and O–H groups in total. The number of sulfonamides is 1. The van der Waals surface area contributed by atoms with Crippen LogP contribution in [-0.4, -0.2) is 29.8 Å². The van der Waals surface area contributed by atoms with E-state index >= 15 is 0 Å². The minimum atomic E-state index is -4.04. The zero-order chi connectivity index (χ0) is 18.6. The molecule has 2 aromatic rings. The van der Waals surface area contributed by atoms with Gasteiger partial charge in [-0.05, 0) is 11.6 Å². The fourth-order valence-corrected chi connectivity index (χ4v) is 4.25. The molecule has 0 unspecified atom stereocenters. The predicted octanol–water partition coefficient (Wildman–Crippen LogP) is 0.435. The molecule has 1 aromatic heterocycles. The summed E-state index contributed by atoms with van der Waals surface area (Å²) >= 11 is 1.36. The van der Waals surface area contributed by atoms with Crippen molar-refractivity contribution in [2.45, 2.75) is 10.6 Å². The average molecular weight is 387 g/mol. The molecule has 10 heteroatoms. The molecule has 2 rings (SSSR count). The quantitative estimate of drug-likeness (QED) is 0.696. The van der Waals surface area contributed by atoms with Crippen LogP contribution in [0.2, 0.25) is 0 Å². The van der Waals surface area contributed by atoms with Gasteiger partial charge >= 0.3 is 5.69 Å². The van der Waals surface area contributed by atoms with Crippen LogP contribution in [0.1, 0.15) is 5.56 Å². The van der Waals surface area contributed by atoms with Gasteiger partial charge in [-0.25, -0.2) is 22.3 Å². The number of hydrogen-bond acceptors (Lipinski definition) is 5. The summed E-state index contributed by atoms with van der Waals surface area (Å²) in [6.07, 6.45) is 0.999. The number of nitrogens with one attached hydrogen (secondary N) is 1. The van der Waals surface area contributed by atoms with E-state index < -0.39 is 26.2 Å². The number of aromatic nitrogens is 2. The van der Waals surface area contributed by atoms with E-state index in [1.165, 1.54) is 31.9 Å². The predicted molar refractivity (Wildman–Crippen MR) is 94.7 cm³/mol. The second kappa shape index (κ2) is 7.98. The Bertz CT molecular complexity index is 983. The first-order valence-corrected chi connectivity index (χ1v) is 9.95. The highest BCUT2D eigenvalue weighted by atomic mass is 32.2. The maximum atomic E-state index is 13.5. The van der Waals surface area contributed by atoms with Gasteiger partial charge in [-0.15, -0.1) is 0 Å². The van der Waals surface area contributed by atoms with Crippen molar-refractivity contribution < 1.29 is 12.8 Å². The summed E-state index contributed by atoms with van der Waals surface area (Å²) in [6.45, 7) is 0.0768. The van der Waals surface area contributed by atoms with Crippen molar-refractivity contribution in [3.8, 4) is 0 Å². The third kappa shape index (κ3) is 4.59. The lowest BCUT2D eigenvalue weighted by molar-refractivity contribution is 0.573. The summed E-state index contributed by atoms with van der Waals surface area (Å²) in [5.74, 6) is 0.514. The van der Waals surface area contributed by atoms with E-state index in [1.807, 2.05) is 0 Å². The first kappa shape index (κ1) is 19.4. The molecule has 0 aliphatic carbocycles. The van der Waals surface area contributed by atoms with E-state index in [9.17, 15) is 22.4 Å². The van der Waals surface area contributed by atoms with Gasteiger partial charge in [0.15, 0.2) is 4.90 Å². The molecule has 25 heavy (non-hydrogen) atoms. The Morgan fingerprint density at radius 1 is 1.20 bits per heavy atom. The molecule has 7 nitrogen and oxygen atoms in total. The normalized spacial score (nSPS) is 11.6. The van der Waals surface area contributed by atoms with Crippen molar-refractivity contribution in [2.75, 3.05) is 12.3 Å². The Labute approximate surface area is 148 Å². The molecule has 0 amide bonds. The third-order valence-electron chi connectivity index (χ3n) is 3.46. The van der Waals surface area contributed by atoms with Crippen LogP contribution in [0, 0.1) is 5.82 Å². The average Bonchev–Trinajstić information content (AvgIpc) is 2.57. The summed E-state index contributed by atoms with van der Waals surface area (Å²) in [5, 5.41) is 0. The van der Waals surface area contributed by atoms with Gasteiger partial charge in [0.1, 0.15) is 5.82 Å². The molecule has 0 radical (unpaired) electrons. The van der Waals surface area contributed by atoms with Crippen LogP contribution in [0.5, 0.6) is 0 Å². The van der Waals surface area contributed by atoms with Crippen LogP contribution in [0.3, 0.4) is 0 Å². The van der Waals surface area contributed by atoms with E-state index in [1.54, 1.807) is 18.2 Å². The van der Waals surface area contributed by atoms with Crippen LogP contribution in [-0.2, 0) is 29.9 Å². The van der Waals surface area contributed by atoms with Crippen molar-refractivity contribution in [3.05, 3.63) is 62.7 Å². The van der Waals surface area contributed by atoms with Gasteiger partial charge in [0.05, 0.1) is 0 Å². The van der Waals surface area contributed by atoms with Gasteiger partial charge in [0.2, 0.25) is 10.0 Å².